The molecule has 0 fully saturated rings. The van der Waals surface area contributed by atoms with Crippen LogP contribution in [0.25, 0.3) is 5.57 Å². The van der Waals surface area contributed by atoms with Crippen molar-refractivity contribution in [3.05, 3.63) is 41.6 Å². The monoisotopic (exact) mass is 248 g/mol. The molecule has 0 amide bonds. The van der Waals surface area contributed by atoms with Gasteiger partial charge in [0.15, 0.2) is 0 Å². The summed E-state index contributed by atoms with van der Waals surface area (Å²) in [7, 11) is -1.32. The zero-order valence-corrected chi connectivity index (χ0v) is 12.4. The third-order valence-corrected chi connectivity index (χ3v) is 3.79. The molecule has 0 aliphatic carbocycles. The second-order valence-electron chi connectivity index (χ2n) is 5.64. The van der Waals surface area contributed by atoms with E-state index in [-0.39, 0.29) is 6.10 Å². The predicted molar refractivity (Wildman–Crippen MR) is 78.7 cm³/mol. The lowest BCUT2D eigenvalue weighted by Gasteiger charge is -2.19. The van der Waals surface area contributed by atoms with E-state index in [9.17, 15) is 5.11 Å². The molecular weight excluding hydrogens is 224 g/mol. The molecular formula is C15H24OSi. The van der Waals surface area contributed by atoms with Gasteiger partial charge in [-0.15, -0.1) is 0 Å². The number of aliphatic hydroxyl groups is 1. The lowest BCUT2D eigenvalue weighted by atomic mass is 9.99. The van der Waals surface area contributed by atoms with Gasteiger partial charge in [0.2, 0.25) is 0 Å². The van der Waals surface area contributed by atoms with E-state index in [1.807, 2.05) is 18.2 Å². The topological polar surface area (TPSA) is 20.2 Å². The Morgan fingerprint density at radius 1 is 1.24 bits per heavy atom. The quantitative estimate of drug-likeness (QED) is 0.778. The van der Waals surface area contributed by atoms with E-state index >= 15 is 0 Å². The Hall–Kier alpha value is -0.863. The summed E-state index contributed by atoms with van der Waals surface area (Å²) in [6, 6.07) is 10.3. The van der Waals surface area contributed by atoms with Crippen molar-refractivity contribution in [2.45, 2.75) is 45.5 Å². The van der Waals surface area contributed by atoms with Gasteiger partial charge in [-0.3, -0.25) is 0 Å². The Morgan fingerprint density at radius 2 is 1.82 bits per heavy atom. The number of hydrogen-bond acceptors (Lipinski definition) is 1. The highest BCUT2D eigenvalue weighted by Crippen LogP contribution is 2.24. The maximum Gasteiger partial charge on any atom is 0.0789 e. The van der Waals surface area contributed by atoms with Crippen LogP contribution in [0.2, 0.25) is 19.6 Å². The minimum Gasteiger partial charge on any atom is -0.388 e. The third kappa shape index (κ3) is 4.88. The summed E-state index contributed by atoms with van der Waals surface area (Å²) in [6.45, 7) is 9.01. The molecule has 1 aromatic rings. The van der Waals surface area contributed by atoms with Crippen molar-refractivity contribution in [3.8, 4) is 0 Å². The highest BCUT2D eigenvalue weighted by atomic mass is 28.3. The van der Waals surface area contributed by atoms with Gasteiger partial charge in [-0.2, -0.15) is 0 Å². The van der Waals surface area contributed by atoms with Crippen LogP contribution in [0.1, 0.15) is 25.3 Å². The minimum absolute atomic E-state index is 0.325. The molecule has 0 heterocycles. The molecule has 0 bridgehead atoms. The predicted octanol–water partition coefficient (Wildman–Crippen LogP) is 4.11. The van der Waals surface area contributed by atoms with Crippen LogP contribution < -0.4 is 0 Å². The van der Waals surface area contributed by atoms with E-state index in [1.54, 1.807) is 0 Å². The fourth-order valence-electron chi connectivity index (χ4n) is 1.90. The van der Waals surface area contributed by atoms with Crippen molar-refractivity contribution in [1.82, 2.24) is 0 Å². The van der Waals surface area contributed by atoms with Crippen LogP contribution in [0, 0.1) is 0 Å². The molecule has 17 heavy (non-hydrogen) atoms. The Kier molecular flexibility index (Phi) is 5.16. The highest BCUT2D eigenvalue weighted by Gasteiger charge is 2.17. The van der Waals surface area contributed by atoms with Gasteiger partial charge >= 0.3 is 0 Å². The summed E-state index contributed by atoms with van der Waals surface area (Å²) in [6.07, 6.45) is 1.52. The van der Waals surface area contributed by atoms with Crippen LogP contribution in [0.15, 0.2) is 36.0 Å². The first-order valence-corrected chi connectivity index (χ1v) is 9.98. The second kappa shape index (κ2) is 6.17. The van der Waals surface area contributed by atoms with E-state index < -0.39 is 8.07 Å². The fourth-order valence-corrected chi connectivity index (χ4v) is 3.19. The second-order valence-corrected chi connectivity index (χ2v) is 10.7. The van der Waals surface area contributed by atoms with E-state index in [0.717, 1.165) is 24.0 Å². The van der Waals surface area contributed by atoms with E-state index in [1.165, 1.54) is 0 Å². The van der Waals surface area contributed by atoms with Crippen LogP contribution in [-0.2, 0) is 0 Å². The zero-order valence-electron chi connectivity index (χ0n) is 11.4. The Morgan fingerprint density at radius 3 is 2.29 bits per heavy atom. The molecule has 0 aliphatic rings. The summed E-state index contributed by atoms with van der Waals surface area (Å²) in [5.41, 5.74) is 4.60. The van der Waals surface area contributed by atoms with Crippen molar-refractivity contribution in [2.75, 3.05) is 0 Å². The Labute approximate surface area is 106 Å². The molecule has 1 aromatic carbocycles. The smallest absolute Gasteiger partial charge is 0.0789 e. The summed E-state index contributed by atoms with van der Waals surface area (Å²) in [5.74, 6) is 0. The average Bonchev–Trinajstić information content (AvgIpc) is 2.26. The number of benzene rings is 1. The molecule has 1 atom stereocenters. The summed E-state index contributed by atoms with van der Waals surface area (Å²) in [4.78, 5) is 0. The molecule has 1 rings (SSSR count). The van der Waals surface area contributed by atoms with E-state index in [2.05, 4.69) is 44.4 Å². The third-order valence-electron chi connectivity index (χ3n) is 2.62. The van der Waals surface area contributed by atoms with Gasteiger partial charge in [0, 0.05) is 0 Å². The van der Waals surface area contributed by atoms with E-state index in [4.69, 9.17) is 0 Å². The zero-order chi connectivity index (χ0) is 12.9. The summed E-state index contributed by atoms with van der Waals surface area (Å²) in [5, 5.41) is 10.3. The molecule has 0 saturated carbocycles. The van der Waals surface area contributed by atoms with E-state index in [0.29, 0.717) is 0 Å². The Bertz CT molecular complexity index is 362. The first-order chi connectivity index (χ1) is 7.94. The van der Waals surface area contributed by atoms with Crippen molar-refractivity contribution in [3.63, 3.8) is 0 Å². The maximum atomic E-state index is 10.3. The van der Waals surface area contributed by atoms with Gasteiger partial charge in [0.25, 0.3) is 0 Å². The van der Waals surface area contributed by atoms with Gasteiger partial charge < -0.3 is 5.11 Å². The molecule has 2 heteroatoms. The largest absolute Gasteiger partial charge is 0.388 e. The van der Waals surface area contributed by atoms with Crippen LogP contribution >= 0.6 is 0 Å². The lowest BCUT2D eigenvalue weighted by Crippen LogP contribution is -2.20. The van der Waals surface area contributed by atoms with Gasteiger partial charge in [-0.25, -0.2) is 0 Å². The standard InChI is InChI=1S/C15H24OSi/c1-5-9-15(16)14(12-17(2,3)4)13-10-7-6-8-11-13/h6-8,10-12,15-16H,5,9H2,1-4H3/b14-12+/t15-/m1/s1. The normalized spacial score (nSPS) is 14.8. The first kappa shape index (κ1) is 14.2. The molecule has 1 nitrogen and oxygen atoms in total. The average molecular weight is 248 g/mol. The molecule has 0 spiro atoms. The van der Waals surface area contributed by atoms with Crippen LogP contribution in [-0.4, -0.2) is 19.3 Å². The maximum absolute atomic E-state index is 10.3. The molecule has 0 aromatic heterocycles. The molecule has 0 unspecified atom stereocenters. The van der Waals surface area contributed by atoms with Gasteiger partial charge in [0.1, 0.15) is 0 Å². The van der Waals surface area contributed by atoms with Crippen LogP contribution in [0.4, 0.5) is 0 Å². The van der Waals surface area contributed by atoms with Crippen molar-refractivity contribution in [2.24, 2.45) is 0 Å². The molecule has 1 N–H and O–H groups in total. The Balaban J connectivity index is 3.08. The molecule has 94 valence electrons. The first-order valence-electron chi connectivity index (χ1n) is 6.40. The van der Waals surface area contributed by atoms with Crippen molar-refractivity contribution < 1.29 is 5.11 Å². The van der Waals surface area contributed by atoms with Gasteiger partial charge in [0.05, 0.1) is 14.2 Å². The summed E-state index contributed by atoms with van der Waals surface area (Å²) < 4.78 is 0. The molecule has 0 saturated heterocycles. The SMILES string of the molecule is CCC[C@@H](O)/C(=C/[Si](C)(C)C)c1ccccc1. The molecule has 0 aliphatic heterocycles. The summed E-state index contributed by atoms with van der Waals surface area (Å²) >= 11 is 0. The number of rotatable bonds is 5. The van der Waals surface area contributed by atoms with Crippen molar-refractivity contribution >= 4 is 13.6 Å². The fraction of sp³-hybridized carbons (Fsp3) is 0.467. The molecule has 0 radical (unpaired) electrons. The van der Waals surface area contributed by atoms with Crippen LogP contribution in [0.5, 0.6) is 0 Å². The van der Waals surface area contributed by atoms with Crippen molar-refractivity contribution in [1.29, 1.82) is 0 Å². The highest BCUT2D eigenvalue weighted by molar-refractivity contribution is 6.81. The van der Waals surface area contributed by atoms with Gasteiger partial charge in [-0.05, 0) is 17.6 Å². The number of aliphatic hydroxyl groups excluding tert-OH is 1. The lowest BCUT2D eigenvalue weighted by molar-refractivity contribution is 0.221. The minimum atomic E-state index is -1.32. The van der Waals surface area contributed by atoms with Gasteiger partial charge in [-0.1, -0.05) is 69.0 Å². The van der Waals surface area contributed by atoms with Crippen LogP contribution in [0.3, 0.4) is 0 Å². The number of hydrogen-bond donors (Lipinski definition) is 1.